The SMILES string of the molecule is NCCN1CCN(c2nc(Nc3ccc4c(O)c(N=Nc5ccc(N=Nc6ccccc6)cc5)c(S(=O)(=O)O)cc4c3)nc(N3CCN(CCN)CC3)n2)CC1. The van der Waals surface area contributed by atoms with Crippen LogP contribution in [-0.2, 0) is 10.1 Å². The molecular weight excluding hydrogens is 737 g/mol. The normalized spacial score (nSPS) is 16.1. The highest BCUT2D eigenvalue weighted by Gasteiger charge is 2.25. The Morgan fingerprint density at radius 2 is 1.18 bits per heavy atom. The van der Waals surface area contributed by atoms with Crippen LogP contribution in [0.15, 0.2) is 104 Å². The second-order valence-electron chi connectivity index (χ2n) is 13.4. The van der Waals surface area contributed by atoms with E-state index in [0.29, 0.717) is 59.1 Å². The summed E-state index contributed by atoms with van der Waals surface area (Å²) in [6.45, 7) is 9.09. The number of phenolic OH excluding ortho intramolecular Hbond substituents is 1. The van der Waals surface area contributed by atoms with Crippen molar-refractivity contribution in [2.24, 2.45) is 31.9 Å². The van der Waals surface area contributed by atoms with Gasteiger partial charge in [0.05, 0.1) is 17.1 Å². The smallest absolute Gasteiger partial charge is 0.296 e. The van der Waals surface area contributed by atoms with Crippen molar-refractivity contribution in [3.8, 4) is 5.75 Å². The number of nitrogens with two attached hydrogens (primary N) is 2. The van der Waals surface area contributed by atoms with E-state index in [9.17, 15) is 18.1 Å². The Hall–Kier alpha value is -5.70. The molecule has 0 saturated carbocycles. The minimum atomic E-state index is -4.84. The number of rotatable bonds is 13. The van der Waals surface area contributed by atoms with Gasteiger partial charge in [-0.1, -0.05) is 18.2 Å². The molecule has 1 aromatic heterocycles. The number of aromatic nitrogens is 3. The monoisotopic (exact) mass is 780 g/mol. The first kappa shape index (κ1) is 38.6. The number of anilines is 4. The third-order valence-corrected chi connectivity index (χ3v) is 10.4. The van der Waals surface area contributed by atoms with E-state index in [0.717, 1.165) is 65.4 Å². The Morgan fingerprint density at radius 1 is 0.661 bits per heavy atom. The van der Waals surface area contributed by atoms with Crippen molar-refractivity contribution in [3.63, 3.8) is 0 Å². The van der Waals surface area contributed by atoms with Crippen molar-refractivity contribution in [2.75, 3.05) is 93.7 Å². The minimum Gasteiger partial charge on any atom is -0.505 e. The number of azo groups is 2. The molecule has 2 aliphatic rings. The summed E-state index contributed by atoms with van der Waals surface area (Å²) in [5.74, 6) is 0.923. The van der Waals surface area contributed by atoms with Crippen LogP contribution in [0.3, 0.4) is 0 Å². The summed E-state index contributed by atoms with van der Waals surface area (Å²) in [6.07, 6.45) is 0. The predicted molar refractivity (Wildman–Crippen MR) is 215 cm³/mol. The Kier molecular flexibility index (Phi) is 12.0. The molecule has 0 radical (unpaired) electrons. The zero-order valence-electron chi connectivity index (χ0n) is 30.7. The van der Waals surface area contributed by atoms with Gasteiger partial charge in [-0.3, -0.25) is 14.4 Å². The molecule has 0 atom stereocenters. The van der Waals surface area contributed by atoms with Gasteiger partial charge in [-0.05, 0) is 66.0 Å². The predicted octanol–water partition coefficient (Wildman–Crippen LogP) is 4.71. The van der Waals surface area contributed by atoms with Crippen molar-refractivity contribution in [2.45, 2.75) is 4.90 Å². The van der Waals surface area contributed by atoms with Crippen LogP contribution in [0.25, 0.3) is 10.8 Å². The number of hydrogen-bond donors (Lipinski definition) is 5. The first-order valence-electron chi connectivity index (χ1n) is 18.3. The Balaban J connectivity index is 1.15. The van der Waals surface area contributed by atoms with Crippen molar-refractivity contribution in [1.29, 1.82) is 0 Å². The van der Waals surface area contributed by atoms with Crippen LogP contribution in [0, 0.1) is 0 Å². The van der Waals surface area contributed by atoms with Crippen molar-refractivity contribution in [1.82, 2.24) is 24.8 Å². The molecule has 0 amide bonds. The molecule has 2 fully saturated rings. The number of aromatic hydroxyl groups is 1. The van der Waals surface area contributed by atoms with E-state index in [4.69, 9.17) is 26.4 Å². The molecule has 3 heterocycles. The van der Waals surface area contributed by atoms with Crippen molar-refractivity contribution in [3.05, 3.63) is 78.9 Å². The molecule has 0 bridgehead atoms. The fourth-order valence-corrected chi connectivity index (χ4v) is 7.21. The second-order valence-corrected chi connectivity index (χ2v) is 14.7. The number of piperazine rings is 2. The lowest BCUT2D eigenvalue weighted by atomic mass is 10.1. The van der Waals surface area contributed by atoms with Gasteiger partial charge < -0.3 is 31.7 Å². The van der Waals surface area contributed by atoms with Crippen LogP contribution in [0.5, 0.6) is 5.75 Å². The van der Waals surface area contributed by atoms with Crippen LogP contribution < -0.4 is 26.6 Å². The summed E-state index contributed by atoms with van der Waals surface area (Å²) in [7, 11) is -4.84. The quantitative estimate of drug-likeness (QED) is 0.0803. The molecular formula is C37H44N14O4S. The number of benzene rings is 4. The highest BCUT2D eigenvalue weighted by atomic mass is 32.2. The van der Waals surface area contributed by atoms with Crippen LogP contribution in [0.2, 0.25) is 0 Å². The van der Waals surface area contributed by atoms with Crippen LogP contribution in [-0.4, -0.2) is 121 Å². The fourth-order valence-electron chi connectivity index (χ4n) is 6.56. The Bertz CT molecular complexity index is 2250. The van der Waals surface area contributed by atoms with E-state index in [1.807, 2.05) is 30.3 Å². The lowest BCUT2D eigenvalue weighted by Crippen LogP contribution is -2.49. The molecule has 4 aromatic carbocycles. The van der Waals surface area contributed by atoms with E-state index in [1.165, 1.54) is 6.07 Å². The standard InChI is InChI=1S/C37H44N14O4S/c38-12-14-48-16-20-50(21-17-48)36-41-35(42-37(43-36)51-22-18-49(15-13-39)19-23-51)40-30-10-11-31-26(24-30)25-32(56(53,54)55)33(34(31)52)47-46-29-8-6-28(7-9-29)45-44-27-4-2-1-3-5-27/h1-11,24-25,52H,12-23,38-39H2,(H,53,54,55)(H,40,41,42,43). The molecule has 2 saturated heterocycles. The Morgan fingerprint density at radius 3 is 1.70 bits per heavy atom. The second kappa shape index (κ2) is 17.4. The number of phenols is 1. The van der Waals surface area contributed by atoms with Gasteiger partial charge in [-0.25, -0.2) is 0 Å². The number of nitrogens with one attached hydrogen (secondary N) is 1. The first-order chi connectivity index (χ1) is 27.2. The molecule has 18 nitrogen and oxygen atoms in total. The van der Waals surface area contributed by atoms with Gasteiger partial charge in [0.15, 0.2) is 5.75 Å². The highest BCUT2D eigenvalue weighted by molar-refractivity contribution is 7.86. The maximum Gasteiger partial charge on any atom is 0.296 e. The van der Waals surface area contributed by atoms with E-state index >= 15 is 0 Å². The average molecular weight is 781 g/mol. The molecule has 292 valence electrons. The summed E-state index contributed by atoms with van der Waals surface area (Å²) < 4.78 is 35.4. The molecule has 0 unspecified atom stereocenters. The zero-order valence-corrected chi connectivity index (χ0v) is 31.5. The molecule has 0 spiro atoms. The van der Waals surface area contributed by atoms with Crippen LogP contribution in [0.1, 0.15) is 0 Å². The van der Waals surface area contributed by atoms with E-state index < -0.39 is 26.5 Å². The molecule has 7 N–H and O–H groups in total. The van der Waals surface area contributed by atoms with Gasteiger partial charge in [0.2, 0.25) is 17.8 Å². The summed E-state index contributed by atoms with van der Waals surface area (Å²) >= 11 is 0. The Labute approximate surface area is 324 Å². The van der Waals surface area contributed by atoms with Gasteiger partial charge >= 0.3 is 0 Å². The van der Waals surface area contributed by atoms with Gasteiger partial charge in [-0.2, -0.15) is 38.7 Å². The average Bonchev–Trinajstić information content (AvgIpc) is 3.21. The zero-order chi connectivity index (χ0) is 39.1. The maximum atomic E-state index is 12.6. The maximum absolute atomic E-state index is 12.6. The van der Waals surface area contributed by atoms with E-state index in [1.54, 1.807) is 42.5 Å². The fraction of sp³-hybridized carbons (Fsp3) is 0.324. The van der Waals surface area contributed by atoms with E-state index in [2.05, 4.69) is 45.4 Å². The summed E-state index contributed by atoms with van der Waals surface area (Å²) in [6, 6.07) is 22.0. The van der Waals surface area contributed by atoms with Gasteiger partial charge in [-0.15, -0.1) is 5.11 Å². The third-order valence-electron chi connectivity index (χ3n) is 9.55. The van der Waals surface area contributed by atoms with Crippen molar-refractivity contribution < 1.29 is 18.1 Å². The molecule has 56 heavy (non-hydrogen) atoms. The third kappa shape index (κ3) is 9.39. The van der Waals surface area contributed by atoms with E-state index in [-0.39, 0.29) is 5.39 Å². The minimum absolute atomic E-state index is 0.288. The number of nitrogens with zero attached hydrogens (tertiary/aromatic N) is 11. The van der Waals surface area contributed by atoms with Gasteiger partial charge in [0.1, 0.15) is 10.6 Å². The largest absolute Gasteiger partial charge is 0.505 e. The highest BCUT2D eigenvalue weighted by Crippen LogP contribution is 2.42. The molecule has 5 aromatic rings. The molecule has 0 aliphatic carbocycles. The first-order valence-corrected chi connectivity index (χ1v) is 19.7. The summed E-state index contributed by atoms with van der Waals surface area (Å²) in [5, 5.41) is 31.7. The number of hydrogen-bond acceptors (Lipinski definition) is 17. The molecule has 2 aliphatic heterocycles. The topological polar surface area (TPSA) is 240 Å². The molecule has 19 heteroatoms. The van der Waals surface area contributed by atoms with Gasteiger partial charge in [0.25, 0.3) is 10.1 Å². The van der Waals surface area contributed by atoms with Crippen LogP contribution >= 0.6 is 0 Å². The lowest BCUT2D eigenvalue weighted by molar-refractivity contribution is 0.262. The van der Waals surface area contributed by atoms with Crippen LogP contribution in [0.4, 0.5) is 46.3 Å². The van der Waals surface area contributed by atoms with Gasteiger partial charge in [0, 0.05) is 89.6 Å². The van der Waals surface area contributed by atoms with Crippen molar-refractivity contribution >= 4 is 67.2 Å². The lowest BCUT2D eigenvalue weighted by Gasteiger charge is -2.36. The molecule has 7 rings (SSSR count). The summed E-state index contributed by atoms with van der Waals surface area (Å²) in [4.78, 5) is 22.7. The summed E-state index contributed by atoms with van der Waals surface area (Å²) in [5.41, 5.74) is 13.3. The number of fused-ring (bicyclic) bond motifs is 1.